The zero-order valence-electron chi connectivity index (χ0n) is 13.1. The molecule has 1 aliphatic heterocycles. The molecule has 2 aliphatic carbocycles. The van der Waals surface area contributed by atoms with Crippen LogP contribution >= 0.6 is 12.4 Å². The molecule has 0 aromatic heterocycles. The van der Waals surface area contributed by atoms with Crippen LogP contribution in [0.3, 0.4) is 0 Å². The molecule has 1 heterocycles. The Bertz CT molecular complexity index is 344. The predicted molar refractivity (Wildman–Crippen MR) is 88.5 cm³/mol. The van der Waals surface area contributed by atoms with Gasteiger partial charge < -0.3 is 10.6 Å². The Morgan fingerprint density at radius 2 is 1.67 bits per heavy atom. The summed E-state index contributed by atoms with van der Waals surface area (Å²) in [4.78, 5) is 15.1. The van der Waals surface area contributed by atoms with Gasteiger partial charge in [0.05, 0.1) is 0 Å². The standard InChI is InChI=1S/C17H30N2O.ClH/c18-15-9-4-8-14(12-15)17(20)19-11-5-10-16(19)13-6-2-1-3-7-13;/h13-16H,1-12,18H2;1H. The van der Waals surface area contributed by atoms with E-state index in [-0.39, 0.29) is 24.4 Å². The minimum absolute atomic E-state index is 0. The van der Waals surface area contributed by atoms with Crippen molar-refractivity contribution in [2.45, 2.75) is 82.7 Å². The molecule has 21 heavy (non-hydrogen) atoms. The third-order valence-electron chi connectivity index (χ3n) is 5.84. The maximum Gasteiger partial charge on any atom is 0.225 e. The van der Waals surface area contributed by atoms with Gasteiger partial charge in [-0.1, -0.05) is 25.7 Å². The van der Waals surface area contributed by atoms with Gasteiger partial charge in [0.25, 0.3) is 0 Å². The Morgan fingerprint density at radius 3 is 2.38 bits per heavy atom. The molecule has 3 fully saturated rings. The topological polar surface area (TPSA) is 46.3 Å². The van der Waals surface area contributed by atoms with E-state index in [4.69, 9.17) is 5.73 Å². The molecule has 4 heteroatoms. The first-order valence-corrected chi connectivity index (χ1v) is 8.82. The first-order valence-electron chi connectivity index (χ1n) is 8.82. The zero-order chi connectivity index (χ0) is 13.9. The molecule has 0 radical (unpaired) electrons. The van der Waals surface area contributed by atoms with Crippen molar-refractivity contribution in [3.63, 3.8) is 0 Å². The van der Waals surface area contributed by atoms with Gasteiger partial charge in [-0.05, 0) is 50.9 Å². The van der Waals surface area contributed by atoms with Crippen LogP contribution in [0.4, 0.5) is 0 Å². The molecule has 122 valence electrons. The summed E-state index contributed by atoms with van der Waals surface area (Å²) < 4.78 is 0. The smallest absolute Gasteiger partial charge is 0.225 e. The lowest BCUT2D eigenvalue weighted by Crippen LogP contribution is -2.45. The SMILES string of the molecule is Cl.NC1CCCC(C(=O)N2CCCC2C2CCCCC2)C1. The molecule has 3 unspecified atom stereocenters. The summed E-state index contributed by atoms with van der Waals surface area (Å²) >= 11 is 0. The van der Waals surface area contributed by atoms with Crippen molar-refractivity contribution in [1.29, 1.82) is 0 Å². The fourth-order valence-electron chi connectivity index (χ4n) is 4.76. The van der Waals surface area contributed by atoms with E-state index in [1.54, 1.807) is 0 Å². The molecular formula is C17H31ClN2O. The average Bonchev–Trinajstić information content (AvgIpc) is 2.97. The van der Waals surface area contributed by atoms with Crippen LogP contribution in [0, 0.1) is 11.8 Å². The normalized spacial score (nSPS) is 34.5. The lowest BCUT2D eigenvalue weighted by atomic mass is 9.81. The van der Waals surface area contributed by atoms with Gasteiger partial charge in [-0.3, -0.25) is 4.79 Å². The summed E-state index contributed by atoms with van der Waals surface area (Å²) in [5.74, 6) is 1.45. The lowest BCUT2D eigenvalue weighted by Gasteiger charge is -2.37. The van der Waals surface area contributed by atoms with Crippen LogP contribution in [-0.2, 0) is 4.79 Å². The van der Waals surface area contributed by atoms with Gasteiger partial charge in [-0.15, -0.1) is 12.4 Å². The molecule has 2 saturated carbocycles. The monoisotopic (exact) mass is 314 g/mol. The molecule has 0 aromatic carbocycles. The number of halogens is 1. The number of nitrogens with zero attached hydrogens (tertiary/aromatic N) is 1. The molecule has 0 bridgehead atoms. The van der Waals surface area contributed by atoms with Crippen LogP contribution in [-0.4, -0.2) is 29.4 Å². The van der Waals surface area contributed by atoms with Crippen molar-refractivity contribution in [3.8, 4) is 0 Å². The second-order valence-corrected chi connectivity index (χ2v) is 7.26. The quantitative estimate of drug-likeness (QED) is 0.848. The van der Waals surface area contributed by atoms with Crippen molar-refractivity contribution in [3.05, 3.63) is 0 Å². The summed E-state index contributed by atoms with van der Waals surface area (Å²) in [7, 11) is 0. The van der Waals surface area contributed by atoms with E-state index >= 15 is 0 Å². The van der Waals surface area contributed by atoms with Crippen LogP contribution in [0.2, 0.25) is 0 Å². The summed E-state index contributed by atoms with van der Waals surface area (Å²) in [6.45, 7) is 1.01. The summed E-state index contributed by atoms with van der Waals surface area (Å²) in [6, 6.07) is 0.814. The van der Waals surface area contributed by atoms with Crippen LogP contribution in [0.25, 0.3) is 0 Å². The largest absolute Gasteiger partial charge is 0.339 e. The van der Waals surface area contributed by atoms with Gasteiger partial charge in [0.2, 0.25) is 5.91 Å². The molecular weight excluding hydrogens is 284 g/mol. The molecule has 0 aromatic rings. The fraction of sp³-hybridized carbons (Fsp3) is 0.941. The van der Waals surface area contributed by atoms with Crippen LogP contribution in [0.1, 0.15) is 70.6 Å². The minimum Gasteiger partial charge on any atom is -0.339 e. The zero-order valence-corrected chi connectivity index (χ0v) is 14.0. The highest BCUT2D eigenvalue weighted by Crippen LogP contribution is 2.36. The van der Waals surface area contributed by atoms with Gasteiger partial charge >= 0.3 is 0 Å². The summed E-state index contributed by atoms with van der Waals surface area (Å²) in [5, 5.41) is 0. The number of carbonyl (C=O) groups excluding carboxylic acids is 1. The molecule has 1 saturated heterocycles. The molecule has 3 nitrogen and oxygen atoms in total. The third kappa shape index (κ3) is 3.92. The summed E-state index contributed by atoms with van der Waals surface area (Å²) in [6.07, 6.45) is 13.5. The number of likely N-dealkylation sites (tertiary alicyclic amines) is 1. The van der Waals surface area contributed by atoms with Crippen molar-refractivity contribution < 1.29 is 4.79 Å². The molecule has 3 rings (SSSR count). The van der Waals surface area contributed by atoms with E-state index in [1.807, 2.05) is 0 Å². The first-order chi connectivity index (χ1) is 9.75. The maximum atomic E-state index is 12.9. The van der Waals surface area contributed by atoms with Crippen LogP contribution in [0.5, 0.6) is 0 Å². The Kier molecular flexibility index (Phi) is 6.36. The van der Waals surface area contributed by atoms with Crippen molar-refractivity contribution in [2.75, 3.05) is 6.54 Å². The van der Waals surface area contributed by atoms with E-state index < -0.39 is 0 Å². The van der Waals surface area contributed by atoms with Gasteiger partial charge in [0.15, 0.2) is 0 Å². The molecule has 3 aliphatic rings. The van der Waals surface area contributed by atoms with Gasteiger partial charge in [-0.2, -0.15) is 0 Å². The number of carbonyl (C=O) groups is 1. The van der Waals surface area contributed by atoms with Crippen LogP contribution in [0.15, 0.2) is 0 Å². The first kappa shape index (κ1) is 17.1. The van der Waals surface area contributed by atoms with E-state index in [1.165, 1.54) is 44.9 Å². The fourth-order valence-corrected chi connectivity index (χ4v) is 4.76. The van der Waals surface area contributed by atoms with E-state index in [9.17, 15) is 4.79 Å². The molecule has 1 amide bonds. The van der Waals surface area contributed by atoms with Crippen molar-refractivity contribution in [1.82, 2.24) is 4.90 Å². The number of hydrogen-bond donors (Lipinski definition) is 1. The predicted octanol–water partition coefficient (Wildman–Crippen LogP) is 3.50. The average molecular weight is 315 g/mol. The molecule has 2 N–H and O–H groups in total. The van der Waals surface area contributed by atoms with Gasteiger partial charge in [-0.25, -0.2) is 0 Å². The van der Waals surface area contributed by atoms with Crippen molar-refractivity contribution >= 4 is 18.3 Å². The maximum absolute atomic E-state index is 12.9. The lowest BCUT2D eigenvalue weighted by molar-refractivity contribution is -0.138. The second-order valence-electron chi connectivity index (χ2n) is 7.26. The Balaban J connectivity index is 0.00000161. The second kappa shape index (κ2) is 7.82. The Morgan fingerprint density at radius 1 is 0.905 bits per heavy atom. The number of rotatable bonds is 2. The van der Waals surface area contributed by atoms with E-state index in [2.05, 4.69) is 4.90 Å². The highest BCUT2D eigenvalue weighted by molar-refractivity contribution is 5.85. The third-order valence-corrected chi connectivity index (χ3v) is 5.84. The minimum atomic E-state index is 0. The van der Waals surface area contributed by atoms with Gasteiger partial charge in [0, 0.05) is 24.5 Å². The molecule has 3 atom stereocenters. The number of nitrogens with two attached hydrogens (primary N) is 1. The van der Waals surface area contributed by atoms with Crippen molar-refractivity contribution in [2.24, 2.45) is 17.6 Å². The Hall–Kier alpha value is -0.280. The Labute approximate surface area is 135 Å². The number of amides is 1. The van der Waals surface area contributed by atoms with Gasteiger partial charge in [0.1, 0.15) is 0 Å². The van der Waals surface area contributed by atoms with E-state index in [0.717, 1.165) is 38.1 Å². The highest BCUT2D eigenvalue weighted by Gasteiger charge is 2.38. The van der Waals surface area contributed by atoms with E-state index in [0.29, 0.717) is 11.9 Å². The highest BCUT2D eigenvalue weighted by atomic mass is 35.5. The van der Waals surface area contributed by atoms with Crippen LogP contribution < -0.4 is 5.73 Å². The molecule has 0 spiro atoms. The number of hydrogen-bond acceptors (Lipinski definition) is 2. The summed E-state index contributed by atoms with van der Waals surface area (Å²) in [5.41, 5.74) is 6.07.